The molecule has 1 fully saturated rings. The van der Waals surface area contributed by atoms with E-state index in [9.17, 15) is 9.59 Å². The molecule has 3 heterocycles. The Morgan fingerprint density at radius 2 is 2.00 bits per heavy atom. The molecule has 7 nitrogen and oxygen atoms in total. The normalized spacial score (nSPS) is 14.5. The van der Waals surface area contributed by atoms with Crippen LogP contribution in [-0.4, -0.2) is 43.9 Å². The van der Waals surface area contributed by atoms with E-state index >= 15 is 0 Å². The maximum Gasteiger partial charge on any atom is 0.274 e. The predicted octanol–water partition coefficient (Wildman–Crippen LogP) is 2.75. The minimum atomic E-state index is -0.105. The van der Waals surface area contributed by atoms with Gasteiger partial charge in [-0.15, -0.1) is 0 Å². The average molecular weight is 373 g/mol. The zero-order valence-electron chi connectivity index (χ0n) is 15.4. The van der Waals surface area contributed by atoms with Gasteiger partial charge in [0.1, 0.15) is 0 Å². The molecule has 2 aromatic carbocycles. The highest BCUT2D eigenvalue weighted by molar-refractivity contribution is 5.98. The van der Waals surface area contributed by atoms with E-state index < -0.39 is 0 Å². The SMILES string of the molecule is C=CC(=O)N1CC(n2[nH]c3ccc(-c4c(C)ccc5[nH]ncc45)cc3c2=O)C1. The van der Waals surface area contributed by atoms with Crippen molar-refractivity contribution < 1.29 is 4.79 Å². The third-order valence-corrected chi connectivity index (χ3v) is 5.54. The molecule has 0 unspecified atom stereocenters. The van der Waals surface area contributed by atoms with Gasteiger partial charge in [0.05, 0.1) is 28.7 Å². The molecule has 5 rings (SSSR count). The number of nitrogens with zero attached hydrogens (tertiary/aromatic N) is 3. The molecule has 0 spiro atoms. The van der Waals surface area contributed by atoms with Gasteiger partial charge in [-0.05, 0) is 47.9 Å². The number of fused-ring (bicyclic) bond motifs is 2. The van der Waals surface area contributed by atoms with Gasteiger partial charge in [0.25, 0.3) is 5.56 Å². The van der Waals surface area contributed by atoms with Crippen molar-refractivity contribution in [2.45, 2.75) is 13.0 Å². The van der Waals surface area contributed by atoms with Gasteiger partial charge in [0.2, 0.25) is 5.91 Å². The highest BCUT2D eigenvalue weighted by Gasteiger charge is 2.32. The van der Waals surface area contributed by atoms with E-state index in [-0.39, 0.29) is 17.5 Å². The van der Waals surface area contributed by atoms with E-state index in [0.29, 0.717) is 18.5 Å². The molecule has 4 aromatic rings. The Balaban J connectivity index is 1.57. The first-order valence-corrected chi connectivity index (χ1v) is 9.15. The van der Waals surface area contributed by atoms with E-state index in [2.05, 4.69) is 34.9 Å². The van der Waals surface area contributed by atoms with Crippen molar-refractivity contribution in [3.63, 3.8) is 0 Å². The van der Waals surface area contributed by atoms with Gasteiger partial charge in [-0.1, -0.05) is 18.7 Å². The summed E-state index contributed by atoms with van der Waals surface area (Å²) in [6.45, 7) is 6.58. The number of carbonyl (C=O) groups is 1. The second-order valence-corrected chi connectivity index (χ2v) is 7.24. The Morgan fingerprint density at radius 3 is 2.79 bits per heavy atom. The highest BCUT2D eigenvalue weighted by atomic mass is 16.2. The van der Waals surface area contributed by atoms with E-state index in [0.717, 1.165) is 33.1 Å². The van der Waals surface area contributed by atoms with Crippen LogP contribution in [0.1, 0.15) is 11.6 Å². The van der Waals surface area contributed by atoms with Gasteiger partial charge in [0.15, 0.2) is 0 Å². The number of rotatable bonds is 3. The predicted molar refractivity (Wildman–Crippen MR) is 108 cm³/mol. The van der Waals surface area contributed by atoms with Crippen LogP contribution in [0.15, 0.2) is 54.0 Å². The van der Waals surface area contributed by atoms with Crippen molar-refractivity contribution in [2.24, 2.45) is 0 Å². The van der Waals surface area contributed by atoms with E-state index in [1.54, 1.807) is 9.58 Å². The fourth-order valence-electron chi connectivity index (χ4n) is 3.98. The summed E-state index contributed by atoms with van der Waals surface area (Å²) in [7, 11) is 0. The second-order valence-electron chi connectivity index (χ2n) is 7.24. The fourth-order valence-corrected chi connectivity index (χ4v) is 3.98. The van der Waals surface area contributed by atoms with Gasteiger partial charge in [0, 0.05) is 18.5 Å². The molecule has 2 aromatic heterocycles. The van der Waals surface area contributed by atoms with Crippen LogP contribution in [0.25, 0.3) is 32.9 Å². The molecule has 0 atom stereocenters. The minimum absolute atomic E-state index is 0.0358. The molecule has 0 bridgehead atoms. The maximum absolute atomic E-state index is 13.0. The molecular weight excluding hydrogens is 354 g/mol. The van der Waals surface area contributed by atoms with Crippen LogP contribution >= 0.6 is 0 Å². The van der Waals surface area contributed by atoms with Crippen LogP contribution in [0.5, 0.6) is 0 Å². The molecule has 0 aliphatic carbocycles. The molecule has 140 valence electrons. The molecule has 2 N–H and O–H groups in total. The first-order valence-electron chi connectivity index (χ1n) is 9.15. The summed E-state index contributed by atoms with van der Waals surface area (Å²) >= 11 is 0. The molecular formula is C21H19N5O2. The molecule has 0 radical (unpaired) electrons. The van der Waals surface area contributed by atoms with Gasteiger partial charge < -0.3 is 4.90 Å². The van der Waals surface area contributed by atoms with Crippen LogP contribution in [0, 0.1) is 6.92 Å². The number of nitrogens with one attached hydrogen (secondary N) is 2. The largest absolute Gasteiger partial charge is 0.335 e. The summed E-state index contributed by atoms with van der Waals surface area (Å²) in [6, 6.07) is 9.92. The number of H-pyrrole nitrogens is 2. The third kappa shape index (κ3) is 2.32. The third-order valence-electron chi connectivity index (χ3n) is 5.54. The minimum Gasteiger partial charge on any atom is -0.335 e. The van der Waals surface area contributed by atoms with Crippen LogP contribution in [0.3, 0.4) is 0 Å². The molecule has 1 saturated heterocycles. The summed E-state index contributed by atoms with van der Waals surface area (Å²) in [5.74, 6) is -0.105. The van der Waals surface area contributed by atoms with E-state index in [4.69, 9.17) is 0 Å². The first-order chi connectivity index (χ1) is 13.6. The van der Waals surface area contributed by atoms with Crippen molar-refractivity contribution in [2.75, 3.05) is 13.1 Å². The fraction of sp³-hybridized carbons (Fsp3) is 0.190. The Hall–Kier alpha value is -3.61. The molecule has 1 amide bonds. The van der Waals surface area contributed by atoms with Crippen LogP contribution in [0.4, 0.5) is 0 Å². The van der Waals surface area contributed by atoms with Crippen molar-refractivity contribution in [1.29, 1.82) is 0 Å². The summed E-state index contributed by atoms with van der Waals surface area (Å²) < 4.78 is 1.63. The number of aromatic amines is 2. The van der Waals surface area contributed by atoms with E-state index in [1.165, 1.54) is 6.08 Å². The van der Waals surface area contributed by atoms with Gasteiger partial charge in [-0.3, -0.25) is 19.8 Å². The van der Waals surface area contributed by atoms with Crippen molar-refractivity contribution in [3.8, 4) is 11.1 Å². The second kappa shape index (κ2) is 5.95. The number of benzene rings is 2. The Kier molecular flexibility index (Phi) is 3.52. The lowest BCUT2D eigenvalue weighted by atomic mass is 9.96. The average Bonchev–Trinajstić information content (AvgIpc) is 3.25. The summed E-state index contributed by atoms with van der Waals surface area (Å²) in [6.07, 6.45) is 3.12. The van der Waals surface area contributed by atoms with Crippen molar-refractivity contribution in [1.82, 2.24) is 24.9 Å². The number of aromatic nitrogens is 4. The van der Waals surface area contributed by atoms with Gasteiger partial charge in [-0.2, -0.15) is 5.10 Å². The Bertz CT molecular complexity index is 1300. The monoisotopic (exact) mass is 373 g/mol. The highest BCUT2D eigenvalue weighted by Crippen LogP contribution is 2.32. The van der Waals surface area contributed by atoms with Gasteiger partial charge >= 0.3 is 0 Å². The molecule has 28 heavy (non-hydrogen) atoms. The molecule has 0 saturated carbocycles. The number of hydrogen-bond acceptors (Lipinski definition) is 3. The zero-order valence-corrected chi connectivity index (χ0v) is 15.4. The molecule has 7 heteroatoms. The standard InChI is InChI=1S/C21H19N5O2/c1-3-19(27)25-10-14(11-25)26-21(28)15-8-13(5-7-18(15)24-26)20-12(2)4-6-17-16(20)9-22-23-17/h3-9,14,24H,1,10-11H2,2H3,(H,22,23). The lowest BCUT2D eigenvalue weighted by molar-refractivity contribution is -0.131. The number of carbonyl (C=O) groups excluding carboxylic acids is 1. The van der Waals surface area contributed by atoms with Crippen LogP contribution < -0.4 is 5.56 Å². The topological polar surface area (TPSA) is 86.8 Å². The van der Waals surface area contributed by atoms with Crippen molar-refractivity contribution in [3.05, 3.63) is 65.1 Å². The number of hydrogen-bond donors (Lipinski definition) is 2. The summed E-state index contributed by atoms with van der Waals surface area (Å²) in [4.78, 5) is 26.3. The quantitative estimate of drug-likeness (QED) is 0.542. The summed E-state index contributed by atoms with van der Waals surface area (Å²) in [5, 5.41) is 12.0. The number of aryl methyl sites for hydroxylation is 1. The zero-order chi connectivity index (χ0) is 19.4. The number of amides is 1. The van der Waals surface area contributed by atoms with Crippen LogP contribution in [-0.2, 0) is 4.79 Å². The van der Waals surface area contributed by atoms with Crippen molar-refractivity contribution >= 4 is 27.7 Å². The Labute approximate surface area is 160 Å². The lowest BCUT2D eigenvalue weighted by Gasteiger charge is -2.38. The lowest BCUT2D eigenvalue weighted by Crippen LogP contribution is -2.52. The van der Waals surface area contributed by atoms with E-state index in [1.807, 2.05) is 30.5 Å². The molecule has 1 aliphatic heterocycles. The Morgan fingerprint density at radius 1 is 1.21 bits per heavy atom. The number of likely N-dealkylation sites (tertiary alicyclic amines) is 1. The molecule has 1 aliphatic rings. The van der Waals surface area contributed by atoms with Crippen LogP contribution in [0.2, 0.25) is 0 Å². The maximum atomic E-state index is 13.0. The summed E-state index contributed by atoms with van der Waals surface area (Å²) in [5.41, 5.74) is 4.88. The first kappa shape index (κ1) is 16.6. The van der Waals surface area contributed by atoms with Gasteiger partial charge in [-0.25, -0.2) is 4.68 Å². The smallest absolute Gasteiger partial charge is 0.274 e.